The molecule has 12 heteroatoms. The van der Waals surface area contributed by atoms with Crippen LogP contribution in [0.5, 0.6) is 0 Å². The molecule has 3 aromatic carbocycles. The second kappa shape index (κ2) is 18.8. The summed E-state index contributed by atoms with van der Waals surface area (Å²) in [7, 11) is 1.29. The van der Waals surface area contributed by atoms with E-state index < -0.39 is 46.5 Å². The number of epoxide rings is 1. The summed E-state index contributed by atoms with van der Waals surface area (Å²) in [6.45, 7) is 7.06. The van der Waals surface area contributed by atoms with Crippen molar-refractivity contribution in [2.45, 2.75) is 65.9 Å². The number of hydrogen-bond donors (Lipinski definition) is 1. The number of aliphatic hydroxyl groups excluding tert-OH is 1. The molecule has 0 bridgehead atoms. The van der Waals surface area contributed by atoms with Gasteiger partial charge in [0.15, 0.2) is 6.61 Å². The maximum absolute atomic E-state index is 13.4. The lowest BCUT2D eigenvalue weighted by Gasteiger charge is -2.32. The molecule has 0 radical (unpaired) electrons. The zero-order valence-corrected chi connectivity index (χ0v) is 30.8. The lowest BCUT2D eigenvalue weighted by molar-refractivity contribution is -0.160. The van der Waals surface area contributed by atoms with Gasteiger partial charge in [0.05, 0.1) is 49.2 Å². The van der Waals surface area contributed by atoms with Crippen molar-refractivity contribution < 1.29 is 52.8 Å². The van der Waals surface area contributed by atoms with Crippen LogP contribution in [0.2, 0.25) is 0 Å². The summed E-state index contributed by atoms with van der Waals surface area (Å²) in [6.07, 6.45) is 2.07. The number of nitrogens with zero attached hydrogens (tertiary/aromatic N) is 1. The second-order valence-corrected chi connectivity index (χ2v) is 14.1. The number of hydrogen-bond acceptors (Lipinski definition) is 12. The molecule has 1 N–H and O–H groups in total. The van der Waals surface area contributed by atoms with E-state index in [9.17, 15) is 24.3 Å². The lowest BCUT2D eigenvalue weighted by atomic mass is 9.73. The highest BCUT2D eigenvalue weighted by atomic mass is 16.6. The van der Waals surface area contributed by atoms with Gasteiger partial charge in [-0.25, -0.2) is 0 Å². The monoisotopic (exact) mass is 721 g/mol. The van der Waals surface area contributed by atoms with Gasteiger partial charge in [-0.2, -0.15) is 0 Å². The van der Waals surface area contributed by atoms with Gasteiger partial charge in [-0.05, 0) is 74.1 Å². The number of aliphatic hydroxyl groups is 1. The fourth-order valence-corrected chi connectivity index (χ4v) is 6.24. The highest BCUT2D eigenvalue weighted by molar-refractivity contribution is 6.13. The Morgan fingerprint density at radius 2 is 1.50 bits per heavy atom. The van der Waals surface area contributed by atoms with Gasteiger partial charge in [-0.1, -0.05) is 60.6 Å². The average molecular weight is 722 g/mol. The summed E-state index contributed by atoms with van der Waals surface area (Å²) in [5, 5.41) is 17.6. The molecule has 1 aliphatic heterocycles. The highest BCUT2D eigenvalue weighted by Gasteiger charge is 2.43. The van der Waals surface area contributed by atoms with Crippen molar-refractivity contribution in [3.05, 3.63) is 60.2 Å². The zero-order chi connectivity index (χ0) is 37.7. The van der Waals surface area contributed by atoms with Crippen LogP contribution in [0.15, 0.2) is 59.8 Å². The van der Waals surface area contributed by atoms with Crippen molar-refractivity contribution in [3.8, 4) is 0 Å². The minimum Gasteiger partial charge on any atom is -0.469 e. The topological polar surface area (TPSA) is 160 Å². The van der Waals surface area contributed by atoms with Crippen LogP contribution in [0.25, 0.3) is 21.5 Å². The SMILES string of the molecule is CCC(C)(CC(CC(CC(C)(C)C(=O)OCCON=Cc1c2ccccc2cc2ccccc12)C(=O)OCCCO)C(=O)OCC1CO1)C(=O)OC. The van der Waals surface area contributed by atoms with Crippen LogP contribution in [-0.2, 0) is 47.7 Å². The number of esters is 4. The molecule has 0 amide bonds. The van der Waals surface area contributed by atoms with Crippen LogP contribution in [-0.4, -0.2) is 88.1 Å². The van der Waals surface area contributed by atoms with Gasteiger partial charge in [0.2, 0.25) is 0 Å². The molecule has 1 fully saturated rings. The number of fused-ring (bicyclic) bond motifs is 2. The van der Waals surface area contributed by atoms with E-state index in [1.165, 1.54) is 7.11 Å². The number of carbonyl (C=O) groups excluding carboxylic acids is 4. The Morgan fingerprint density at radius 1 is 0.885 bits per heavy atom. The first kappa shape index (κ1) is 40.2. The van der Waals surface area contributed by atoms with Crippen LogP contribution in [0.1, 0.15) is 65.4 Å². The van der Waals surface area contributed by atoms with Gasteiger partial charge < -0.3 is 33.6 Å². The highest BCUT2D eigenvalue weighted by Crippen LogP contribution is 2.38. The molecule has 4 atom stereocenters. The van der Waals surface area contributed by atoms with Gasteiger partial charge in [0.1, 0.15) is 19.3 Å². The van der Waals surface area contributed by atoms with Crippen molar-refractivity contribution in [2.24, 2.45) is 27.8 Å². The Morgan fingerprint density at radius 3 is 2.10 bits per heavy atom. The van der Waals surface area contributed by atoms with E-state index in [1.54, 1.807) is 27.0 Å². The molecule has 3 aromatic rings. The number of methoxy groups -OCH3 is 1. The predicted molar refractivity (Wildman–Crippen MR) is 194 cm³/mol. The van der Waals surface area contributed by atoms with Crippen LogP contribution >= 0.6 is 0 Å². The van der Waals surface area contributed by atoms with Crippen LogP contribution in [0, 0.1) is 22.7 Å². The normalized spacial score (nSPS) is 16.5. The average Bonchev–Trinajstić information content (AvgIpc) is 3.98. The molecule has 282 valence electrons. The first-order chi connectivity index (χ1) is 24.9. The van der Waals surface area contributed by atoms with Gasteiger partial charge in [0, 0.05) is 18.6 Å². The van der Waals surface area contributed by atoms with E-state index in [0.29, 0.717) is 13.0 Å². The zero-order valence-electron chi connectivity index (χ0n) is 30.8. The minimum atomic E-state index is -1.18. The third-order valence-electron chi connectivity index (χ3n) is 9.54. The van der Waals surface area contributed by atoms with Crippen molar-refractivity contribution in [1.29, 1.82) is 0 Å². The molecule has 52 heavy (non-hydrogen) atoms. The number of oxime groups is 1. The van der Waals surface area contributed by atoms with Crippen molar-refractivity contribution in [2.75, 3.05) is 46.8 Å². The molecule has 0 aromatic heterocycles. The minimum absolute atomic E-state index is 0.00456. The largest absolute Gasteiger partial charge is 0.469 e. The summed E-state index contributed by atoms with van der Waals surface area (Å²) in [5.74, 6) is -4.11. The first-order valence-corrected chi connectivity index (χ1v) is 17.8. The molecular weight excluding hydrogens is 670 g/mol. The Kier molecular flexibility index (Phi) is 14.5. The van der Waals surface area contributed by atoms with E-state index >= 15 is 0 Å². The van der Waals surface area contributed by atoms with Crippen molar-refractivity contribution >= 4 is 51.6 Å². The van der Waals surface area contributed by atoms with Gasteiger partial charge in [-0.15, -0.1) is 0 Å². The Hall–Kier alpha value is -4.55. The second-order valence-electron chi connectivity index (χ2n) is 14.1. The Bertz CT molecular complexity index is 1660. The Labute approximate surface area is 304 Å². The van der Waals surface area contributed by atoms with Gasteiger partial charge in [-0.3, -0.25) is 19.2 Å². The first-order valence-electron chi connectivity index (χ1n) is 17.8. The molecule has 0 aliphatic carbocycles. The maximum Gasteiger partial charge on any atom is 0.311 e. The summed E-state index contributed by atoms with van der Waals surface area (Å²) in [4.78, 5) is 58.5. The lowest BCUT2D eigenvalue weighted by Crippen LogP contribution is -2.38. The predicted octanol–water partition coefficient (Wildman–Crippen LogP) is 5.77. The quantitative estimate of drug-likeness (QED) is 0.0271. The molecule has 1 aliphatic rings. The molecular formula is C40H51NO11. The van der Waals surface area contributed by atoms with Crippen molar-refractivity contribution in [1.82, 2.24) is 0 Å². The third kappa shape index (κ3) is 11.0. The van der Waals surface area contributed by atoms with E-state index in [0.717, 1.165) is 27.1 Å². The number of carbonyl (C=O) groups is 4. The Balaban J connectivity index is 1.42. The molecule has 12 nitrogen and oxygen atoms in total. The molecule has 1 heterocycles. The van der Waals surface area contributed by atoms with Crippen LogP contribution in [0.3, 0.4) is 0 Å². The van der Waals surface area contributed by atoms with E-state index in [-0.39, 0.29) is 64.8 Å². The van der Waals surface area contributed by atoms with E-state index in [2.05, 4.69) is 11.2 Å². The van der Waals surface area contributed by atoms with E-state index in [1.807, 2.05) is 55.5 Å². The molecule has 1 saturated heterocycles. The summed E-state index contributed by atoms with van der Waals surface area (Å²) < 4.78 is 26.7. The fraction of sp³-hybridized carbons (Fsp3) is 0.525. The number of benzene rings is 3. The van der Waals surface area contributed by atoms with Crippen LogP contribution in [0.4, 0.5) is 0 Å². The summed E-state index contributed by atoms with van der Waals surface area (Å²) in [6, 6.07) is 18.2. The number of rotatable bonds is 21. The van der Waals surface area contributed by atoms with Gasteiger partial charge in [0.25, 0.3) is 0 Å². The smallest absolute Gasteiger partial charge is 0.311 e. The third-order valence-corrected chi connectivity index (χ3v) is 9.54. The van der Waals surface area contributed by atoms with Gasteiger partial charge >= 0.3 is 23.9 Å². The molecule has 4 rings (SSSR count). The maximum atomic E-state index is 13.4. The standard InChI is InChI=1S/C40H51NO11/c1-6-40(4,38(46)47-5)23-30(36(44)51-26-31-25-50-31)21-29(35(43)48-17-11-16-42)22-39(2,3)37(45)49-18-19-52-41-24-34-32-14-9-7-12-27(32)20-28-13-8-10-15-33(28)34/h7-10,12-15,20,24,29-31,42H,6,11,16-19,21-23,25-26H2,1-5H3. The molecule has 0 spiro atoms. The molecule has 0 saturated carbocycles. The summed E-state index contributed by atoms with van der Waals surface area (Å²) >= 11 is 0. The van der Waals surface area contributed by atoms with Crippen LogP contribution < -0.4 is 0 Å². The fourth-order valence-electron chi connectivity index (χ4n) is 6.24. The van der Waals surface area contributed by atoms with Crippen molar-refractivity contribution in [3.63, 3.8) is 0 Å². The number of ether oxygens (including phenoxy) is 5. The molecule has 4 unspecified atom stereocenters. The van der Waals surface area contributed by atoms with E-state index in [4.69, 9.17) is 28.5 Å². The summed E-state index contributed by atoms with van der Waals surface area (Å²) in [5.41, 5.74) is -1.30.